The molecule has 0 saturated heterocycles. The number of carbonyl (C=O) groups is 2. The highest BCUT2D eigenvalue weighted by molar-refractivity contribution is 7.89. The molecule has 0 saturated carbocycles. The molecule has 2 amide bonds. The van der Waals surface area contributed by atoms with Crippen LogP contribution in [0.25, 0.3) is 0 Å². The zero-order valence-electron chi connectivity index (χ0n) is 17.9. The number of nitrogens with one attached hydrogen (secondary N) is 2. The molecule has 0 bridgehead atoms. The van der Waals surface area contributed by atoms with Crippen LogP contribution in [0.4, 0.5) is 15.8 Å². The predicted molar refractivity (Wildman–Crippen MR) is 130 cm³/mol. The number of nitrogens with zero attached hydrogens (tertiary/aromatic N) is 1. The van der Waals surface area contributed by atoms with Gasteiger partial charge in [-0.1, -0.05) is 35.3 Å². The Kier molecular flexibility index (Phi) is 8.27. The summed E-state index contributed by atoms with van der Waals surface area (Å²) in [4.78, 5) is 23.9. The lowest BCUT2D eigenvalue weighted by Gasteiger charge is -2.23. The summed E-state index contributed by atoms with van der Waals surface area (Å²) in [6.07, 6.45) is 0. The Morgan fingerprint density at radius 1 is 0.941 bits per heavy atom. The zero-order chi connectivity index (χ0) is 24.9. The molecule has 0 aromatic heterocycles. The van der Waals surface area contributed by atoms with Crippen molar-refractivity contribution in [2.24, 2.45) is 0 Å². The lowest BCUT2D eigenvalue weighted by Crippen LogP contribution is -2.38. The van der Waals surface area contributed by atoms with Crippen molar-refractivity contribution in [2.45, 2.75) is 18.4 Å². The van der Waals surface area contributed by atoms with Crippen molar-refractivity contribution in [3.8, 4) is 0 Å². The van der Waals surface area contributed by atoms with E-state index in [1.165, 1.54) is 49.4 Å². The smallest absolute Gasteiger partial charge is 0.243 e. The highest BCUT2D eigenvalue weighted by atomic mass is 35.5. The predicted octanol–water partition coefficient (Wildman–Crippen LogP) is 4.92. The van der Waals surface area contributed by atoms with Gasteiger partial charge >= 0.3 is 0 Å². The molecule has 0 fully saturated rings. The van der Waals surface area contributed by atoms with Gasteiger partial charge in [0.05, 0.1) is 11.4 Å². The fourth-order valence-electron chi connectivity index (χ4n) is 3.08. The molecule has 0 unspecified atom stereocenters. The average Bonchev–Trinajstić information content (AvgIpc) is 2.75. The zero-order valence-corrected chi connectivity index (χ0v) is 20.2. The molecule has 3 rings (SSSR count). The second-order valence-corrected chi connectivity index (χ2v) is 10.0. The first-order valence-electron chi connectivity index (χ1n) is 9.92. The molecule has 11 heteroatoms. The lowest BCUT2D eigenvalue weighted by atomic mass is 10.2. The van der Waals surface area contributed by atoms with Gasteiger partial charge in [-0.15, -0.1) is 0 Å². The number of hydrogen-bond acceptors (Lipinski definition) is 4. The molecule has 0 atom stereocenters. The molecule has 0 spiro atoms. The molecule has 0 aliphatic heterocycles. The molecule has 2 N–H and O–H groups in total. The van der Waals surface area contributed by atoms with Crippen molar-refractivity contribution in [3.63, 3.8) is 0 Å². The van der Waals surface area contributed by atoms with Crippen LogP contribution in [0.15, 0.2) is 71.6 Å². The third-order valence-corrected chi connectivity index (χ3v) is 7.05. The fourth-order valence-corrected chi connectivity index (χ4v) is 4.79. The molecule has 0 radical (unpaired) electrons. The first-order chi connectivity index (χ1) is 16.1. The van der Waals surface area contributed by atoms with Gasteiger partial charge in [-0.25, -0.2) is 12.8 Å². The summed E-state index contributed by atoms with van der Waals surface area (Å²) in [5.74, 6) is -1.66. The number of halogens is 3. The van der Waals surface area contributed by atoms with Crippen LogP contribution in [0, 0.1) is 5.82 Å². The summed E-state index contributed by atoms with van der Waals surface area (Å²) in [5.41, 5.74) is 0.722. The molecule has 178 valence electrons. The summed E-state index contributed by atoms with van der Waals surface area (Å²) in [6.45, 7) is 0.244. The van der Waals surface area contributed by atoms with Crippen molar-refractivity contribution in [1.29, 1.82) is 0 Å². The largest absolute Gasteiger partial charge is 0.326 e. The van der Waals surface area contributed by atoms with E-state index in [0.29, 0.717) is 16.4 Å². The van der Waals surface area contributed by atoms with Gasteiger partial charge < -0.3 is 10.6 Å². The molecule has 7 nitrogen and oxygen atoms in total. The summed E-state index contributed by atoms with van der Waals surface area (Å²) in [5, 5.41) is 5.54. The van der Waals surface area contributed by atoms with Gasteiger partial charge in [-0.2, -0.15) is 4.31 Å². The number of amides is 2. The molecule has 34 heavy (non-hydrogen) atoms. The van der Waals surface area contributed by atoms with Crippen LogP contribution >= 0.6 is 23.2 Å². The van der Waals surface area contributed by atoms with Crippen LogP contribution in [0.3, 0.4) is 0 Å². The topological polar surface area (TPSA) is 95.6 Å². The normalized spacial score (nSPS) is 11.3. The van der Waals surface area contributed by atoms with Crippen LogP contribution in [0.1, 0.15) is 12.5 Å². The molecule has 0 aliphatic rings. The number of hydrogen-bond donors (Lipinski definition) is 2. The van der Waals surface area contributed by atoms with Crippen molar-refractivity contribution in [3.05, 3.63) is 88.2 Å². The third kappa shape index (κ3) is 6.54. The average molecular weight is 524 g/mol. The summed E-state index contributed by atoms with van der Waals surface area (Å²) >= 11 is 12.0. The first kappa shape index (κ1) is 25.6. The minimum atomic E-state index is -4.23. The molecule has 0 heterocycles. The van der Waals surface area contributed by atoms with Crippen molar-refractivity contribution >= 4 is 56.4 Å². The Balaban J connectivity index is 1.90. The summed E-state index contributed by atoms with van der Waals surface area (Å²) in [6, 6.07) is 15.7. The Bertz CT molecular complexity index is 1300. The highest BCUT2D eigenvalue weighted by Crippen LogP contribution is 2.25. The minimum absolute atomic E-state index is 0.0275. The van der Waals surface area contributed by atoms with E-state index in [4.69, 9.17) is 23.2 Å². The van der Waals surface area contributed by atoms with Crippen molar-refractivity contribution in [2.75, 3.05) is 17.2 Å². The quantitative estimate of drug-likeness (QED) is 0.437. The number of benzene rings is 3. The summed E-state index contributed by atoms with van der Waals surface area (Å²) < 4.78 is 41.9. The van der Waals surface area contributed by atoms with E-state index in [1.807, 2.05) is 0 Å². The van der Waals surface area contributed by atoms with Crippen LogP contribution in [-0.2, 0) is 26.2 Å². The monoisotopic (exact) mass is 523 g/mol. The van der Waals surface area contributed by atoms with Crippen molar-refractivity contribution < 1.29 is 22.4 Å². The van der Waals surface area contributed by atoms with Gasteiger partial charge in [0.2, 0.25) is 21.8 Å². The number of carbonyl (C=O) groups excluding carboxylic acids is 2. The number of anilines is 2. The van der Waals surface area contributed by atoms with E-state index >= 15 is 0 Å². The number of rotatable bonds is 8. The highest BCUT2D eigenvalue weighted by Gasteiger charge is 2.28. The van der Waals surface area contributed by atoms with E-state index in [9.17, 15) is 22.4 Å². The second-order valence-electron chi connectivity index (χ2n) is 7.24. The van der Waals surface area contributed by atoms with Gasteiger partial charge in [-0.05, 0) is 54.6 Å². The van der Waals surface area contributed by atoms with E-state index in [-0.39, 0.29) is 21.4 Å². The fraction of sp³-hybridized carbons (Fsp3) is 0.130. The van der Waals surface area contributed by atoms with E-state index < -0.39 is 34.8 Å². The number of sulfonamides is 1. The van der Waals surface area contributed by atoms with E-state index in [1.54, 1.807) is 18.2 Å². The maximum Gasteiger partial charge on any atom is 0.243 e. The Morgan fingerprint density at radius 3 is 2.18 bits per heavy atom. The molecule has 3 aromatic rings. The van der Waals surface area contributed by atoms with E-state index in [0.717, 1.165) is 10.4 Å². The second kappa shape index (κ2) is 11.0. The van der Waals surface area contributed by atoms with Crippen molar-refractivity contribution in [1.82, 2.24) is 4.31 Å². The summed E-state index contributed by atoms with van der Waals surface area (Å²) in [7, 11) is -4.23. The van der Waals surface area contributed by atoms with Gasteiger partial charge in [0.1, 0.15) is 5.82 Å². The van der Waals surface area contributed by atoms with Gasteiger partial charge in [0.15, 0.2) is 0 Å². The first-order valence-corrected chi connectivity index (χ1v) is 12.1. The molecule has 0 aliphatic carbocycles. The van der Waals surface area contributed by atoms with E-state index in [2.05, 4.69) is 10.6 Å². The SMILES string of the molecule is CC(=O)Nc1cccc(NC(=O)CN(Cc2c(F)cccc2Cl)S(=O)(=O)c2ccc(Cl)cc2)c1. The maximum atomic E-state index is 14.4. The Morgan fingerprint density at radius 2 is 1.56 bits per heavy atom. The van der Waals surface area contributed by atoms with Gasteiger partial charge in [0.25, 0.3) is 0 Å². The van der Waals surface area contributed by atoms with Crippen LogP contribution in [-0.4, -0.2) is 31.1 Å². The minimum Gasteiger partial charge on any atom is -0.326 e. The Hall–Kier alpha value is -2.98. The van der Waals surface area contributed by atoms with Crippen LogP contribution < -0.4 is 10.6 Å². The molecular weight excluding hydrogens is 504 g/mol. The lowest BCUT2D eigenvalue weighted by molar-refractivity contribution is -0.116. The third-order valence-electron chi connectivity index (χ3n) is 4.63. The standard InChI is InChI=1S/C23H20Cl2FN3O4S/c1-15(30)27-17-4-2-5-18(12-17)28-23(31)14-29(13-20-21(25)6-3-7-22(20)26)34(32,33)19-10-8-16(24)9-11-19/h2-12H,13-14H2,1H3,(H,27,30)(H,28,31). The van der Waals surface area contributed by atoms with Gasteiger partial charge in [0, 0.05) is 40.5 Å². The molecule has 3 aromatic carbocycles. The van der Waals surface area contributed by atoms with Crippen LogP contribution in [0.2, 0.25) is 10.0 Å². The van der Waals surface area contributed by atoms with Gasteiger partial charge in [-0.3, -0.25) is 9.59 Å². The molecular formula is C23H20Cl2FN3O4S. The maximum absolute atomic E-state index is 14.4. The van der Waals surface area contributed by atoms with Crippen LogP contribution in [0.5, 0.6) is 0 Å². The Labute approximate surface area is 206 Å².